The van der Waals surface area contributed by atoms with Crippen molar-refractivity contribution in [2.24, 2.45) is 0 Å². The first-order valence-electron chi connectivity index (χ1n) is 17.0. The van der Waals surface area contributed by atoms with E-state index in [0.29, 0.717) is 11.4 Å². The second-order valence-electron chi connectivity index (χ2n) is 12.6. The number of anilines is 3. The summed E-state index contributed by atoms with van der Waals surface area (Å²) < 4.78 is 13.0. The summed E-state index contributed by atoms with van der Waals surface area (Å²) in [6, 6.07) is 60.2. The topological polar surface area (TPSA) is 55.3 Å². The van der Waals surface area contributed by atoms with Crippen molar-refractivity contribution in [3.05, 3.63) is 176 Å². The maximum atomic E-state index is 6.72. The van der Waals surface area contributed by atoms with E-state index >= 15 is 0 Å². The molecule has 0 radical (unpaired) electrons. The van der Waals surface area contributed by atoms with Crippen LogP contribution in [-0.4, -0.2) is 9.97 Å². The van der Waals surface area contributed by atoms with Gasteiger partial charge in [-0.25, -0.2) is 9.97 Å². The maximum Gasteiger partial charge on any atom is 0.180 e. The summed E-state index contributed by atoms with van der Waals surface area (Å²) in [6.45, 7) is 0. The molecule has 7 aromatic carbocycles. The molecule has 3 heterocycles. The molecule has 5 nitrogen and oxygen atoms in total. The molecule has 0 aliphatic carbocycles. The SMILES string of the molecule is c1ccc(-c2nc(-c3ccc(-c4ccc(N(c5ccccc5)c5ccccc5)c5oc6ccccc6c45)cc3)nc3c2oc2ccccc23)cc1. The summed E-state index contributed by atoms with van der Waals surface area (Å²) in [5.74, 6) is 0.648. The Morgan fingerprint density at radius 2 is 0.961 bits per heavy atom. The normalized spacial score (nSPS) is 11.5. The molecule has 0 unspecified atom stereocenters. The Morgan fingerprint density at radius 3 is 1.65 bits per heavy atom. The van der Waals surface area contributed by atoms with Gasteiger partial charge in [-0.05, 0) is 59.7 Å². The zero-order chi connectivity index (χ0) is 33.7. The van der Waals surface area contributed by atoms with Gasteiger partial charge in [0, 0.05) is 38.7 Å². The molecule has 3 aromatic heterocycles. The predicted octanol–water partition coefficient (Wildman–Crippen LogP) is 12.7. The quantitative estimate of drug-likeness (QED) is 0.178. The highest BCUT2D eigenvalue weighted by Gasteiger charge is 2.22. The number of aromatic nitrogens is 2. The molecule has 0 amide bonds. The van der Waals surface area contributed by atoms with Crippen LogP contribution in [-0.2, 0) is 0 Å². The van der Waals surface area contributed by atoms with Crippen LogP contribution in [0.5, 0.6) is 0 Å². The van der Waals surface area contributed by atoms with Crippen molar-refractivity contribution >= 4 is 61.1 Å². The minimum atomic E-state index is 0.648. The first-order chi connectivity index (χ1) is 25.3. The standard InChI is InChI=1S/C46H29N3O2/c1-4-14-31(15-5-1)42-45-43(37-21-11-13-23-40(37)51-45)48-46(47-42)32-26-24-30(25-27-32)35-28-29-38(44-41(35)36-20-10-12-22-39(36)50-44)49(33-16-6-2-7-17-33)34-18-8-3-9-19-34/h1-29H. The van der Waals surface area contributed by atoms with E-state index < -0.39 is 0 Å². The maximum absolute atomic E-state index is 6.72. The molecule has 10 rings (SSSR count). The molecule has 0 saturated heterocycles. The van der Waals surface area contributed by atoms with Crippen molar-refractivity contribution in [3.8, 4) is 33.8 Å². The van der Waals surface area contributed by atoms with Gasteiger partial charge >= 0.3 is 0 Å². The number of hydrogen-bond donors (Lipinski definition) is 0. The van der Waals surface area contributed by atoms with Gasteiger partial charge < -0.3 is 13.7 Å². The van der Waals surface area contributed by atoms with Crippen molar-refractivity contribution in [3.63, 3.8) is 0 Å². The van der Waals surface area contributed by atoms with Gasteiger partial charge in [-0.15, -0.1) is 0 Å². The second-order valence-corrected chi connectivity index (χ2v) is 12.6. The van der Waals surface area contributed by atoms with Crippen LogP contribution < -0.4 is 4.90 Å². The number of furan rings is 2. The molecule has 240 valence electrons. The molecular weight excluding hydrogens is 627 g/mol. The third-order valence-corrected chi connectivity index (χ3v) is 9.50. The molecule has 51 heavy (non-hydrogen) atoms. The number of rotatable bonds is 6. The Kier molecular flexibility index (Phi) is 6.74. The molecule has 10 aromatic rings. The summed E-state index contributed by atoms with van der Waals surface area (Å²) in [4.78, 5) is 12.4. The summed E-state index contributed by atoms with van der Waals surface area (Å²) in [6.07, 6.45) is 0. The van der Waals surface area contributed by atoms with E-state index in [1.165, 1.54) is 0 Å². The molecule has 0 saturated carbocycles. The van der Waals surface area contributed by atoms with E-state index in [1.807, 2.05) is 60.7 Å². The fraction of sp³-hybridized carbons (Fsp3) is 0. The largest absolute Gasteiger partial charge is 0.454 e. The van der Waals surface area contributed by atoms with Crippen molar-refractivity contribution in [2.45, 2.75) is 0 Å². The Bertz CT molecular complexity index is 2800. The first kappa shape index (κ1) is 29.0. The number of para-hydroxylation sites is 4. The van der Waals surface area contributed by atoms with Crippen LogP contribution in [0.1, 0.15) is 0 Å². The second kappa shape index (κ2) is 11.9. The number of hydrogen-bond acceptors (Lipinski definition) is 5. The van der Waals surface area contributed by atoms with E-state index in [-0.39, 0.29) is 0 Å². The van der Waals surface area contributed by atoms with Gasteiger partial charge in [-0.2, -0.15) is 0 Å². The van der Waals surface area contributed by atoms with Gasteiger partial charge in [0.1, 0.15) is 22.4 Å². The molecular formula is C46H29N3O2. The minimum absolute atomic E-state index is 0.648. The van der Waals surface area contributed by atoms with Gasteiger partial charge in [0.25, 0.3) is 0 Å². The molecule has 0 fully saturated rings. The van der Waals surface area contributed by atoms with Gasteiger partial charge in [0.15, 0.2) is 17.0 Å². The van der Waals surface area contributed by atoms with E-state index in [9.17, 15) is 0 Å². The van der Waals surface area contributed by atoms with Crippen LogP contribution in [0.4, 0.5) is 17.1 Å². The third kappa shape index (κ3) is 4.86. The van der Waals surface area contributed by atoms with Crippen molar-refractivity contribution < 1.29 is 8.83 Å². The van der Waals surface area contributed by atoms with Gasteiger partial charge in [0.05, 0.1) is 5.69 Å². The average Bonchev–Trinajstić information content (AvgIpc) is 3.78. The molecule has 0 aliphatic heterocycles. The van der Waals surface area contributed by atoms with Crippen molar-refractivity contribution in [2.75, 3.05) is 4.90 Å². The predicted molar refractivity (Wildman–Crippen MR) is 208 cm³/mol. The Labute approximate surface area is 293 Å². The summed E-state index contributed by atoms with van der Waals surface area (Å²) in [5, 5.41) is 3.11. The monoisotopic (exact) mass is 655 g/mol. The lowest BCUT2D eigenvalue weighted by atomic mass is 9.97. The summed E-state index contributed by atoms with van der Waals surface area (Å²) >= 11 is 0. The summed E-state index contributed by atoms with van der Waals surface area (Å²) in [5.41, 5.74) is 11.9. The van der Waals surface area contributed by atoms with Gasteiger partial charge in [0.2, 0.25) is 0 Å². The van der Waals surface area contributed by atoms with Crippen LogP contribution in [0.25, 0.3) is 77.8 Å². The van der Waals surface area contributed by atoms with Gasteiger partial charge in [-0.3, -0.25) is 0 Å². The van der Waals surface area contributed by atoms with Crippen molar-refractivity contribution in [1.29, 1.82) is 0 Å². The van der Waals surface area contributed by atoms with Crippen LogP contribution in [0.15, 0.2) is 185 Å². The van der Waals surface area contributed by atoms with E-state index in [4.69, 9.17) is 18.8 Å². The fourth-order valence-corrected chi connectivity index (χ4v) is 7.12. The Morgan fingerprint density at radius 1 is 0.412 bits per heavy atom. The van der Waals surface area contributed by atoms with E-state index in [0.717, 1.165) is 83.4 Å². The number of fused-ring (bicyclic) bond motifs is 6. The van der Waals surface area contributed by atoms with Crippen LogP contribution >= 0.6 is 0 Å². The van der Waals surface area contributed by atoms with E-state index in [1.54, 1.807) is 0 Å². The highest BCUT2D eigenvalue weighted by Crippen LogP contribution is 2.46. The minimum Gasteiger partial charge on any atom is -0.454 e. The lowest BCUT2D eigenvalue weighted by Crippen LogP contribution is -2.10. The molecule has 0 atom stereocenters. The third-order valence-electron chi connectivity index (χ3n) is 9.50. The number of benzene rings is 7. The lowest BCUT2D eigenvalue weighted by molar-refractivity contribution is 0.667. The lowest BCUT2D eigenvalue weighted by Gasteiger charge is -2.25. The molecule has 0 spiro atoms. The molecule has 0 aliphatic rings. The first-order valence-corrected chi connectivity index (χ1v) is 17.0. The van der Waals surface area contributed by atoms with Crippen LogP contribution in [0.2, 0.25) is 0 Å². The van der Waals surface area contributed by atoms with Crippen LogP contribution in [0, 0.1) is 0 Å². The zero-order valence-corrected chi connectivity index (χ0v) is 27.4. The Balaban J connectivity index is 1.13. The zero-order valence-electron chi connectivity index (χ0n) is 27.4. The average molecular weight is 656 g/mol. The smallest absolute Gasteiger partial charge is 0.180 e. The fourth-order valence-electron chi connectivity index (χ4n) is 7.12. The highest BCUT2D eigenvalue weighted by molar-refractivity contribution is 6.17. The highest BCUT2D eigenvalue weighted by atomic mass is 16.3. The molecule has 0 bridgehead atoms. The Hall–Kier alpha value is -6.98. The van der Waals surface area contributed by atoms with E-state index in [2.05, 4.69) is 120 Å². The summed E-state index contributed by atoms with van der Waals surface area (Å²) in [7, 11) is 0. The molecule has 5 heteroatoms. The number of nitrogens with zero attached hydrogens (tertiary/aromatic N) is 3. The molecule has 0 N–H and O–H groups in total. The van der Waals surface area contributed by atoms with Gasteiger partial charge in [-0.1, -0.05) is 127 Å². The van der Waals surface area contributed by atoms with Crippen molar-refractivity contribution in [1.82, 2.24) is 9.97 Å². The van der Waals surface area contributed by atoms with Crippen LogP contribution in [0.3, 0.4) is 0 Å².